The van der Waals surface area contributed by atoms with Crippen LogP contribution in [0.3, 0.4) is 0 Å². The Morgan fingerprint density at radius 1 is 1.26 bits per heavy atom. The van der Waals surface area contributed by atoms with Crippen molar-refractivity contribution in [3.8, 4) is 0 Å². The molecule has 0 unspecified atom stereocenters. The normalized spacial score (nSPS) is 12.7. The molecule has 0 aromatic heterocycles. The van der Waals surface area contributed by atoms with E-state index in [1.165, 1.54) is 7.11 Å². The molecule has 0 aromatic rings. The maximum absolute atomic E-state index is 11.6. The fraction of sp³-hybridized carbons (Fsp3) is 0.833. The van der Waals surface area contributed by atoms with Gasteiger partial charge in [-0.3, -0.25) is 0 Å². The summed E-state index contributed by atoms with van der Waals surface area (Å²) in [6.07, 6.45) is 1.38. The Morgan fingerprint density at radius 2 is 1.89 bits per heavy atom. The van der Waals surface area contributed by atoms with Crippen LogP contribution < -0.4 is 10.2 Å². The number of methoxy groups -OCH3 is 1. The maximum Gasteiger partial charge on any atom is 0.408 e. The van der Waals surface area contributed by atoms with Gasteiger partial charge < -0.3 is 14.8 Å². The SMILES string of the molecule is COC(=O)[C@H](CCCCNCl)NC(=O)OC(C)(C)C. The molecule has 0 heterocycles. The summed E-state index contributed by atoms with van der Waals surface area (Å²) >= 11 is 5.33. The number of halogens is 1. The van der Waals surface area contributed by atoms with Crippen LogP contribution in [-0.4, -0.2) is 37.4 Å². The number of carbonyl (C=O) groups is 2. The molecule has 1 amide bonds. The van der Waals surface area contributed by atoms with Gasteiger partial charge in [0.15, 0.2) is 0 Å². The topological polar surface area (TPSA) is 76.7 Å². The number of amides is 1. The zero-order valence-corrected chi connectivity index (χ0v) is 12.7. The minimum atomic E-state index is -0.699. The summed E-state index contributed by atoms with van der Waals surface area (Å²) in [6.45, 7) is 5.91. The summed E-state index contributed by atoms with van der Waals surface area (Å²) in [5, 5.41) is 2.51. The number of rotatable bonds is 7. The molecule has 0 saturated carbocycles. The lowest BCUT2D eigenvalue weighted by atomic mass is 10.1. The molecule has 0 fully saturated rings. The molecule has 0 aliphatic carbocycles. The van der Waals surface area contributed by atoms with Gasteiger partial charge in [0.1, 0.15) is 11.6 Å². The first-order chi connectivity index (χ1) is 8.80. The highest BCUT2D eigenvalue weighted by molar-refractivity contribution is 6.13. The molecule has 7 heteroatoms. The summed E-state index contributed by atoms with van der Waals surface area (Å²) < 4.78 is 9.75. The third-order valence-electron chi connectivity index (χ3n) is 2.19. The predicted octanol–water partition coefficient (Wildman–Crippen LogP) is 1.97. The minimum Gasteiger partial charge on any atom is -0.467 e. The Balaban J connectivity index is 4.27. The molecular weight excluding hydrogens is 272 g/mol. The Morgan fingerprint density at radius 3 is 2.37 bits per heavy atom. The van der Waals surface area contributed by atoms with Crippen LogP contribution in [0.15, 0.2) is 0 Å². The summed E-state index contributed by atoms with van der Waals surface area (Å²) in [5.74, 6) is -0.482. The highest BCUT2D eigenvalue weighted by atomic mass is 35.5. The molecule has 0 radical (unpaired) electrons. The second kappa shape index (κ2) is 8.98. The van der Waals surface area contributed by atoms with E-state index in [1.54, 1.807) is 20.8 Å². The third-order valence-corrected chi connectivity index (χ3v) is 2.38. The van der Waals surface area contributed by atoms with Gasteiger partial charge in [-0.1, -0.05) is 0 Å². The second-order valence-corrected chi connectivity index (χ2v) is 5.37. The van der Waals surface area contributed by atoms with Crippen molar-refractivity contribution in [2.75, 3.05) is 13.7 Å². The van der Waals surface area contributed by atoms with Crippen molar-refractivity contribution in [2.24, 2.45) is 0 Å². The van der Waals surface area contributed by atoms with Crippen molar-refractivity contribution in [2.45, 2.75) is 51.7 Å². The predicted molar refractivity (Wildman–Crippen MR) is 72.9 cm³/mol. The number of carbonyl (C=O) groups excluding carboxylic acids is 2. The lowest BCUT2D eigenvalue weighted by molar-refractivity contribution is -0.143. The van der Waals surface area contributed by atoms with Gasteiger partial charge in [0.05, 0.1) is 7.11 Å². The number of alkyl carbamates (subject to hydrolysis) is 1. The molecule has 112 valence electrons. The average Bonchev–Trinajstić information content (AvgIpc) is 2.29. The molecular formula is C12H23ClN2O4. The molecule has 6 nitrogen and oxygen atoms in total. The zero-order valence-electron chi connectivity index (χ0n) is 11.9. The molecule has 0 bridgehead atoms. The van der Waals surface area contributed by atoms with Crippen LogP contribution in [0.5, 0.6) is 0 Å². The number of nitrogens with one attached hydrogen (secondary N) is 2. The molecule has 0 saturated heterocycles. The van der Waals surface area contributed by atoms with Gasteiger partial charge in [0.2, 0.25) is 0 Å². The molecule has 0 rings (SSSR count). The van der Waals surface area contributed by atoms with Crippen molar-refractivity contribution in [3.63, 3.8) is 0 Å². The van der Waals surface area contributed by atoms with Crippen molar-refractivity contribution < 1.29 is 19.1 Å². The third kappa shape index (κ3) is 9.55. The number of unbranched alkanes of at least 4 members (excludes halogenated alkanes) is 1. The summed E-state index contributed by atoms with van der Waals surface area (Å²) in [7, 11) is 1.28. The molecule has 0 aliphatic heterocycles. The van der Waals surface area contributed by atoms with E-state index in [2.05, 4.69) is 14.9 Å². The summed E-state index contributed by atoms with van der Waals surface area (Å²) in [6, 6.07) is -0.699. The van der Waals surface area contributed by atoms with Gasteiger partial charge in [-0.05, 0) is 51.8 Å². The highest BCUT2D eigenvalue weighted by Crippen LogP contribution is 2.08. The van der Waals surface area contributed by atoms with Crippen LogP contribution in [0.25, 0.3) is 0 Å². The van der Waals surface area contributed by atoms with Crippen molar-refractivity contribution >= 4 is 23.8 Å². The molecule has 2 N–H and O–H groups in total. The number of ether oxygens (including phenoxy) is 2. The monoisotopic (exact) mass is 294 g/mol. The van der Waals surface area contributed by atoms with Gasteiger partial charge in [-0.2, -0.15) is 0 Å². The van der Waals surface area contributed by atoms with E-state index in [-0.39, 0.29) is 0 Å². The van der Waals surface area contributed by atoms with Gasteiger partial charge in [-0.15, -0.1) is 0 Å². The van der Waals surface area contributed by atoms with Crippen molar-refractivity contribution in [3.05, 3.63) is 0 Å². The van der Waals surface area contributed by atoms with E-state index < -0.39 is 23.7 Å². The number of hydrogen-bond donors (Lipinski definition) is 2. The van der Waals surface area contributed by atoms with Gasteiger partial charge in [-0.25, -0.2) is 14.4 Å². The highest BCUT2D eigenvalue weighted by Gasteiger charge is 2.24. The minimum absolute atomic E-state index is 0.477. The molecule has 0 aromatic carbocycles. The maximum atomic E-state index is 11.6. The first kappa shape index (κ1) is 18.0. The zero-order chi connectivity index (χ0) is 14.9. The van der Waals surface area contributed by atoms with Crippen molar-refractivity contribution in [1.82, 2.24) is 10.2 Å². The van der Waals surface area contributed by atoms with Gasteiger partial charge >= 0.3 is 12.1 Å². The van der Waals surface area contributed by atoms with Crippen LogP contribution in [0, 0.1) is 0 Å². The summed E-state index contributed by atoms with van der Waals surface area (Å²) in [5.41, 5.74) is -0.604. The van der Waals surface area contributed by atoms with Crippen LogP contribution in [0.1, 0.15) is 40.0 Å². The quantitative estimate of drug-likeness (QED) is 0.426. The Labute approximate surface area is 119 Å². The largest absolute Gasteiger partial charge is 0.467 e. The van der Waals surface area contributed by atoms with Crippen LogP contribution >= 0.6 is 11.8 Å². The van der Waals surface area contributed by atoms with E-state index in [9.17, 15) is 9.59 Å². The smallest absolute Gasteiger partial charge is 0.408 e. The van der Waals surface area contributed by atoms with E-state index in [0.717, 1.165) is 12.8 Å². The molecule has 19 heavy (non-hydrogen) atoms. The Hall–Kier alpha value is -1.01. The van der Waals surface area contributed by atoms with E-state index in [4.69, 9.17) is 16.5 Å². The molecule has 0 spiro atoms. The Kier molecular flexibility index (Phi) is 8.51. The lowest BCUT2D eigenvalue weighted by Gasteiger charge is -2.22. The number of esters is 1. The van der Waals surface area contributed by atoms with Crippen molar-refractivity contribution in [1.29, 1.82) is 0 Å². The molecule has 0 aliphatic rings. The Bertz CT molecular complexity index is 292. The molecule has 1 atom stereocenters. The lowest BCUT2D eigenvalue weighted by Crippen LogP contribution is -2.44. The van der Waals surface area contributed by atoms with Crippen LogP contribution in [0.4, 0.5) is 4.79 Å². The first-order valence-corrected chi connectivity index (χ1v) is 6.58. The van der Waals surface area contributed by atoms with Crippen LogP contribution in [-0.2, 0) is 14.3 Å². The van der Waals surface area contributed by atoms with Gasteiger partial charge in [0.25, 0.3) is 0 Å². The average molecular weight is 295 g/mol. The van der Waals surface area contributed by atoms with E-state index >= 15 is 0 Å². The standard InChI is InChI=1S/C12H23ClN2O4/c1-12(2,3)19-11(17)15-9(10(16)18-4)7-5-6-8-14-13/h9,14H,5-8H2,1-4H3,(H,15,17)/t9-/m0/s1. The first-order valence-electron chi connectivity index (χ1n) is 6.21. The van der Waals surface area contributed by atoms with E-state index in [0.29, 0.717) is 13.0 Å². The summed E-state index contributed by atoms with van der Waals surface area (Å²) in [4.78, 5) is 25.6. The fourth-order valence-corrected chi connectivity index (χ4v) is 1.51. The van der Waals surface area contributed by atoms with Crippen LogP contribution in [0.2, 0.25) is 0 Å². The van der Waals surface area contributed by atoms with Gasteiger partial charge in [0, 0.05) is 6.54 Å². The van der Waals surface area contributed by atoms with E-state index in [1.807, 2.05) is 0 Å². The fourth-order valence-electron chi connectivity index (χ4n) is 1.38. The second-order valence-electron chi connectivity index (χ2n) is 5.10. The number of hydrogen-bond acceptors (Lipinski definition) is 5.